The highest BCUT2D eigenvalue weighted by molar-refractivity contribution is 6.05. The van der Waals surface area contributed by atoms with Crippen LogP contribution in [0.3, 0.4) is 0 Å². The van der Waals surface area contributed by atoms with Crippen LogP contribution >= 0.6 is 0 Å². The fourth-order valence-corrected chi connectivity index (χ4v) is 3.34. The third-order valence-corrected chi connectivity index (χ3v) is 4.77. The first-order valence-corrected chi connectivity index (χ1v) is 9.47. The molecule has 0 aliphatic rings. The Bertz CT molecular complexity index is 1200. The molecule has 2 heterocycles. The summed E-state index contributed by atoms with van der Waals surface area (Å²) in [4.78, 5) is 26.0. The van der Waals surface area contributed by atoms with Crippen molar-refractivity contribution in [2.24, 2.45) is 0 Å². The second-order valence-electron chi connectivity index (χ2n) is 7.07. The summed E-state index contributed by atoms with van der Waals surface area (Å²) < 4.78 is 6.91. The lowest BCUT2D eigenvalue weighted by molar-refractivity contribution is 0.0933. The van der Waals surface area contributed by atoms with Crippen molar-refractivity contribution in [3.05, 3.63) is 100 Å². The van der Waals surface area contributed by atoms with Crippen LogP contribution in [0.2, 0.25) is 0 Å². The molecule has 1 N–H and O–H groups in total. The monoisotopic (exact) mass is 387 g/mol. The van der Waals surface area contributed by atoms with Crippen LogP contribution in [0.1, 0.15) is 47.7 Å². The third-order valence-electron chi connectivity index (χ3n) is 4.77. The van der Waals surface area contributed by atoms with E-state index in [2.05, 4.69) is 10.4 Å². The van der Waals surface area contributed by atoms with Gasteiger partial charge in [-0.05, 0) is 37.6 Å². The number of nitrogens with zero attached hydrogens (tertiary/aromatic N) is 2. The van der Waals surface area contributed by atoms with Gasteiger partial charge in [0.05, 0.1) is 17.7 Å². The number of hydrogen-bond donors (Lipinski definition) is 1. The molecule has 0 bridgehead atoms. The Hall–Kier alpha value is -3.67. The Kier molecular flexibility index (Phi) is 4.99. The number of carbonyl (C=O) groups is 1. The van der Waals surface area contributed by atoms with E-state index in [1.165, 1.54) is 4.68 Å². The lowest BCUT2D eigenvalue weighted by atomic mass is 10.0. The third kappa shape index (κ3) is 3.57. The number of hydrogen-bond acceptors (Lipinski definition) is 4. The van der Waals surface area contributed by atoms with E-state index in [9.17, 15) is 9.59 Å². The number of rotatable bonds is 5. The van der Waals surface area contributed by atoms with Gasteiger partial charge < -0.3 is 9.73 Å². The standard InChI is InChI=1S/C23H21N3O3/c1-15(2)26-23(28)18-12-7-6-11-17(18)21(25-26)22(27)24-20(19-13-8-14-29-19)16-9-4-3-5-10-16/h3-15,20H,1-2H3,(H,24,27). The SMILES string of the molecule is CC(C)n1nc(C(=O)NC(c2ccccc2)c2ccco2)c2ccccc2c1=O. The van der Waals surface area contributed by atoms with E-state index < -0.39 is 6.04 Å². The summed E-state index contributed by atoms with van der Waals surface area (Å²) in [6.07, 6.45) is 1.57. The molecule has 2 aromatic carbocycles. The van der Waals surface area contributed by atoms with E-state index in [0.29, 0.717) is 16.5 Å². The summed E-state index contributed by atoms with van der Waals surface area (Å²) >= 11 is 0. The first kappa shape index (κ1) is 18.7. The molecule has 0 saturated carbocycles. The normalized spacial score (nSPS) is 12.2. The molecule has 4 rings (SSSR count). The van der Waals surface area contributed by atoms with Gasteiger partial charge >= 0.3 is 0 Å². The summed E-state index contributed by atoms with van der Waals surface area (Å²) in [5, 5.41) is 8.40. The average Bonchev–Trinajstić information content (AvgIpc) is 3.27. The number of furan rings is 1. The summed E-state index contributed by atoms with van der Waals surface area (Å²) in [6.45, 7) is 3.72. The maximum Gasteiger partial charge on any atom is 0.274 e. The van der Waals surface area contributed by atoms with Crippen molar-refractivity contribution in [2.45, 2.75) is 25.9 Å². The highest BCUT2D eigenvalue weighted by Crippen LogP contribution is 2.24. The van der Waals surface area contributed by atoms with E-state index in [-0.39, 0.29) is 23.2 Å². The molecular weight excluding hydrogens is 366 g/mol. The zero-order valence-electron chi connectivity index (χ0n) is 16.2. The Morgan fingerprint density at radius 3 is 2.31 bits per heavy atom. The fraction of sp³-hybridized carbons (Fsp3) is 0.174. The van der Waals surface area contributed by atoms with Crippen LogP contribution < -0.4 is 10.9 Å². The van der Waals surface area contributed by atoms with Crippen LogP contribution in [-0.4, -0.2) is 15.7 Å². The van der Waals surface area contributed by atoms with Gasteiger partial charge in [0, 0.05) is 5.39 Å². The Balaban J connectivity index is 1.81. The highest BCUT2D eigenvalue weighted by atomic mass is 16.3. The maximum absolute atomic E-state index is 13.3. The number of nitrogens with one attached hydrogen (secondary N) is 1. The molecule has 0 aliphatic carbocycles. The predicted molar refractivity (Wildman–Crippen MR) is 111 cm³/mol. The van der Waals surface area contributed by atoms with Crippen molar-refractivity contribution < 1.29 is 9.21 Å². The number of fused-ring (bicyclic) bond motifs is 1. The highest BCUT2D eigenvalue weighted by Gasteiger charge is 2.23. The molecule has 0 radical (unpaired) electrons. The fourth-order valence-electron chi connectivity index (χ4n) is 3.34. The van der Waals surface area contributed by atoms with Crippen molar-refractivity contribution in [3.63, 3.8) is 0 Å². The van der Waals surface area contributed by atoms with Crippen molar-refractivity contribution in [1.29, 1.82) is 0 Å². The number of aromatic nitrogens is 2. The molecule has 29 heavy (non-hydrogen) atoms. The first-order chi connectivity index (χ1) is 14.1. The van der Waals surface area contributed by atoms with Crippen molar-refractivity contribution in [1.82, 2.24) is 15.1 Å². The number of carbonyl (C=O) groups excluding carboxylic acids is 1. The molecule has 6 heteroatoms. The van der Waals surface area contributed by atoms with Crippen LogP contribution in [0.5, 0.6) is 0 Å². The molecule has 1 amide bonds. The van der Waals surface area contributed by atoms with Gasteiger partial charge in [0.15, 0.2) is 5.69 Å². The van der Waals surface area contributed by atoms with Crippen LogP contribution in [0.25, 0.3) is 10.8 Å². The Labute approximate surface area is 167 Å². The largest absolute Gasteiger partial charge is 0.467 e. The van der Waals surface area contributed by atoms with E-state index in [0.717, 1.165) is 5.56 Å². The van der Waals surface area contributed by atoms with Crippen LogP contribution in [-0.2, 0) is 0 Å². The van der Waals surface area contributed by atoms with E-state index >= 15 is 0 Å². The molecule has 1 atom stereocenters. The smallest absolute Gasteiger partial charge is 0.274 e. The average molecular weight is 387 g/mol. The lowest BCUT2D eigenvalue weighted by Crippen LogP contribution is -2.33. The molecule has 146 valence electrons. The van der Waals surface area contributed by atoms with Crippen molar-refractivity contribution in [3.8, 4) is 0 Å². The van der Waals surface area contributed by atoms with E-state index in [4.69, 9.17) is 4.42 Å². The molecule has 0 aliphatic heterocycles. The summed E-state index contributed by atoms with van der Waals surface area (Å²) in [6, 6.07) is 19.6. The molecule has 0 saturated heterocycles. The maximum atomic E-state index is 13.3. The van der Waals surface area contributed by atoms with Gasteiger partial charge in [-0.1, -0.05) is 48.5 Å². The first-order valence-electron chi connectivity index (χ1n) is 9.47. The molecule has 4 aromatic rings. The Morgan fingerprint density at radius 1 is 0.966 bits per heavy atom. The van der Waals surface area contributed by atoms with Gasteiger partial charge in [-0.3, -0.25) is 9.59 Å². The van der Waals surface area contributed by atoms with Crippen LogP contribution in [0.15, 0.2) is 82.2 Å². The topological polar surface area (TPSA) is 77.1 Å². The van der Waals surface area contributed by atoms with Gasteiger partial charge in [-0.25, -0.2) is 4.68 Å². The molecular formula is C23H21N3O3. The minimum absolute atomic E-state index is 0.173. The molecule has 2 aromatic heterocycles. The van der Waals surface area contributed by atoms with Crippen LogP contribution in [0.4, 0.5) is 0 Å². The quantitative estimate of drug-likeness (QED) is 0.560. The van der Waals surface area contributed by atoms with Crippen molar-refractivity contribution >= 4 is 16.7 Å². The van der Waals surface area contributed by atoms with E-state index in [1.807, 2.05) is 50.2 Å². The summed E-state index contributed by atoms with van der Waals surface area (Å²) in [5.74, 6) is 0.242. The minimum Gasteiger partial charge on any atom is -0.467 e. The van der Waals surface area contributed by atoms with Crippen molar-refractivity contribution in [2.75, 3.05) is 0 Å². The van der Waals surface area contributed by atoms with Gasteiger partial charge in [-0.2, -0.15) is 5.10 Å². The predicted octanol–water partition coefficient (Wildman–Crippen LogP) is 4.09. The zero-order valence-corrected chi connectivity index (χ0v) is 16.2. The van der Waals surface area contributed by atoms with Gasteiger partial charge in [0.2, 0.25) is 0 Å². The Morgan fingerprint density at radius 2 is 1.66 bits per heavy atom. The van der Waals surface area contributed by atoms with Gasteiger partial charge in [0.25, 0.3) is 11.5 Å². The molecule has 1 unspecified atom stereocenters. The van der Waals surface area contributed by atoms with Crippen LogP contribution in [0, 0.1) is 0 Å². The van der Waals surface area contributed by atoms with Gasteiger partial charge in [0.1, 0.15) is 11.8 Å². The number of amides is 1. The second kappa shape index (κ2) is 7.75. The zero-order chi connectivity index (χ0) is 20.4. The van der Waals surface area contributed by atoms with E-state index in [1.54, 1.807) is 36.6 Å². The minimum atomic E-state index is -0.473. The lowest BCUT2D eigenvalue weighted by Gasteiger charge is -2.18. The summed E-state index contributed by atoms with van der Waals surface area (Å²) in [7, 11) is 0. The summed E-state index contributed by atoms with van der Waals surface area (Å²) in [5.41, 5.74) is 0.886. The molecule has 6 nitrogen and oxygen atoms in total. The number of benzene rings is 2. The van der Waals surface area contributed by atoms with Gasteiger partial charge in [-0.15, -0.1) is 0 Å². The molecule has 0 spiro atoms. The second-order valence-corrected chi connectivity index (χ2v) is 7.07. The molecule has 0 fully saturated rings.